The van der Waals surface area contributed by atoms with Crippen molar-refractivity contribution in [1.29, 1.82) is 0 Å². The van der Waals surface area contributed by atoms with Crippen LogP contribution in [0.4, 0.5) is 0 Å². The van der Waals surface area contributed by atoms with Crippen LogP contribution in [0.3, 0.4) is 0 Å². The summed E-state index contributed by atoms with van der Waals surface area (Å²) in [6.45, 7) is 1.51. The minimum atomic E-state index is 0. The Labute approximate surface area is 129 Å². The molecule has 0 atom stereocenters. The lowest BCUT2D eigenvalue weighted by Gasteiger charge is -2.11. The van der Waals surface area contributed by atoms with E-state index in [0.717, 1.165) is 18.4 Å². The van der Waals surface area contributed by atoms with Crippen LogP contribution in [-0.4, -0.2) is 26.1 Å². The molecule has 0 unspecified atom stereocenters. The molecule has 0 aromatic carbocycles. The van der Waals surface area contributed by atoms with Crippen LogP contribution < -0.4 is 10.6 Å². The van der Waals surface area contributed by atoms with E-state index >= 15 is 0 Å². The van der Waals surface area contributed by atoms with E-state index in [1.54, 1.807) is 7.05 Å². The Morgan fingerprint density at radius 3 is 2.61 bits per heavy atom. The first-order chi connectivity index (χ1) is 8.36. The lowest BCUT2D eigenvalue weighted by Crippen LogP contribution is -2.37. The molecule has 104 valence electrons. The summed E-state index contributed by atoms with van der Waals surface area (Å²) in [5.74, 6) is 4.36. The molecule has 0 aromatic rings. The molecule has 0 radical (unpaired) electrons. The highest BCUT2D eigenvalue weighted by Crippen LogP contribution is 2.28. The van der Waals surface area contributed by atoms with Gasteiger partial charge in [-0.15, -0.1) is 30.4 Å². The molecule has 0 heterocycles. The molecule has 18 heavy (non-hydrogen) atoms. The molecule has 2 N–H and O–H groups in total. The number of guanidine groups is 1. The third-order valence-corrected chi connectivity index (χ3v) is 3.39. The Morgan fingerprint density at radius 2 is 2.00 bits per heavy atom. The second-order valence-electron chi connectivity index (χ2n) is 4.70. The molecule has 1 aliphatic carbocycles. The van der Waals surface area contributed by atoms with Crippen LogP contribution in [0.15, 0.2) is 4.99 Å². The molecule has 3 nitrogen and oxygen atoms in total. The second-order valence-corrected chi connectivity index (χ2v) is 4.70. The minimum Gasteiger partial charge on any atom is -0.356 e. The fourth-order valence-electron chi connectivity index (χ4n) is 2.42. The van der Waals surface area contributed by atoms with Gasteiger partial charge in [0.1, 0.15) is 0 Å². The SMILES string of the molecule is C#CCNC(=NC)NCCCCC1CCCC1.I. The third kappa shape index (κ3) is 7.80. The summed E-state index contributed by atoms with van der Waals surface area (Å²) < 4.78 is 0. The van der Waals surface area contributed by atoms with Gasteiger partial charge in [-0.3, -0.25) is 4.99 Å². The van der Waals surface area contributed by atoms with Crippen molar-refractivity contribution in [2.24, 2.45) is 10.9 Å². The molecule has 1 saturated carbocycles. The summed E-state index contributed by atoms with van der Waals surface area (Å²) in [6, 6.07) is 0. The van der Waals surface area contributed by atoms with E-state index in [9.17, 15) is 0 Å². The number of unbranched alkanes of at least 4 members (excludes halogenated alkanes) is 1. The minimum absolute atomic E-state index is 0. The molecule has 0 bridgehead atoms. The monoisotopic (exact) mass is 363 g/mol. The van der Waals surface area contributed by atoms with Gasteiger partial charge in [0.25, 0.3) is 0 Å². The zero-order chi connectivity index (χ0) is 12.3. The highest BCUT2D eigenvalue weighted by Gasteiger charge is 2.13. The lowest BCUT2D eigenvalue weighted by atomic mass is 10.0. The normalized spacial score (nSPS) is 15.9. The van der Waals surface area contributed by atoms with E-state index in [4.69, 9.17) is 6.42 Å². The van der Waals surface area contributed by atoms with Crippen molar-refractivity contribution < 1.29 is 0 Å². The van der Waals surface area contributed by atoms with Gasteiger partial charge in [-0.05, 0) is 12.3 Å². The maximum absolute atomic E-state index is 5.18. The molecular weight excluding hydrogens is 337 g/mol. The molecule has 0 spiro atoms. The molecule has 1 aliphatic rings. The largest absolute Gasteiger partial charge is 0.356 e. The van der Waals surface area contributed by atoms with E-state index in [2.05, 4.69) is 21.5 Å². The van der Waals surface area contributed by atoms with E-state index in [1.165, 1.54) is 44.9 Å². The molecule has 0 saturated heterocycles. The van der Waals surface area contributed by atoms with Crippen LogP contribution in [0.5, 0.6) is 0 Å². The average molecular weight is 363 g/mol. The van der Waals surface area contributed by atoms with Crippen LogP contribution >= 0.6 is 24.0 Å². The average Bonchev–Trinajstić information content (AvgIpc) is 2.85. The third-order valence-electron chi connectivity index (χ3n) is 3.39. The molecular formula is C14H26IN3. The first-order valence-electron chi connectivity index (χ1n) is 6.74. The zero-order valence-corrected chi connectivity index (χ0v) is 13.7. The predicted octanol–water partition coefficient (Wildman–Crippen LogP) is 2.76. The Bertz CT molecular complexity index is 265. The zero-order valence-electron chi connectivity index (χ0n) is 11.4. The first kappa shape index (κ1) is 17.6. The van der Waals surface area contributed by atoms with Crippen molar-refractivity contribution in [3.8, 4) is 12.3 Å². The summed E-state index contributed by atoms with van der Waals surface area (Å²) in [5.41, 5.74) is 0. The summed E-state index contributed by atoms with van der Waals surface area (Å²) in [6.07, 6.45) is 14.9. The molecule has 1 fully saturated rings. The molecule has 0 aromatic heterocycles. The van der Waals surface area contributed by atoms with Crippen molar-refractivity contribution in [2.75, 3.05) is 20.1 Å². The Balaban J connectivity index is 0.00000289. The van der Waals surface area contributed by atoms with Crippen LogP contribution in [0.25, 0.3) is 0 Å². The van der Waals surface area contributed by atoms with Crippen LogP contribution in [0.1, 0.15) is 44.9 Å². The summed E-state index contributed by atoms with van der Waals surface area (Å²) in [4.78, 5) is 4.10. The van der Waals surface area contributed by atoms with Crippen LogP contribution in [0.2, 0.25) is 0 Å². The van der Waals surface area contributed by atoms with E-state index in [-0.39, 0.29) is 24.0 Å². The van der Waals surface area contributed by atoms with Gasteiger partial charge in [-0.1, -0.05) is 44.4 Å². The number of terminal acetylenes is 1. The fourth-order valence-corrected chi connectivity index (χ4v) is 2.42. The van der Waals surface area contributed by atoms with E-state index in [0.29, 0.717) is 6.54 Å². The van der Waals surface area contributed by atoms with Crippen LogP contribution in [-0.2, 0) is 0 Å². The van der Waals surface area contributed by atoms with Gasteiger partial charge in [-0.25, -0.2) is 0 Å². The number of nitrogens with zero attached hydrogens (tertiary/aromatic N) is 1. The Kier molecular flexibility index (Phi) is 11.4. The van der Waals surface area contributed by atoms with Gasteiger partial charge >= 0.3 is 0 Å². The van der Waals surface area contributed by atoms with Crippen molar-refractivity contribution in [2.45, 2.75) is 44.9 Å². The highest BCUT2D eigenvalue weighted by atomic mass is 127. The molecule has 0 amide bonds. The quantitative estimate of drug-likeness (QED) is 0.250. The van der Waals surface area contributed by atoms with Gasteiger partial charge in [0, 0.05) is 13.6 Å². The van der Waals surface area contributed by atoms with Crippen molar-refractivity contribution in [3.05, 3.63) is 0 Å². The van der Waals surface area contributed by atoms with Crippen molar-refractivity contribution >= 4 is 29.9 Å². The predicted molar refractivity (Wildman–Crippen MR) is 89.4 cm³/mol. The van der Waals surface area contributed by atoms with Gasteiger partial charge < -0.3 is 10.6 Å². The molecule has 1 rings (SSSR count). The highest BCUT2D eigenvalue weighted by molar-refractivity contribution is 14.0. The second kappa shape index (κ2) is 11.6. The number of halogens is 1. The standard InChI is InChI=1S/C14H25N3.HI/c1-3-11-16-14(15-2)17-12-7-6-10-13-8-4-5-9-13;/h1,13H,4-12H2,2H3,(H2,15,16,17);1H. The first-order valence-corrected chi connectivity index (χ1v) is 6.74. The molecule has 4 heteroatoms. The number of aliphatic imine (C=N–C) groups is 1. The van der Waals surface area contributed by atoms with E-state index < -0.39 is 0 Å². The van der Waals surface area contributed by atoms with Gasteiger partial charge in [0.2, 0.25) is 0 Å². The van der Waals surface area contributed by atoms with Crippen molar-refractivity contribution in [1.82, 2.24) is 10.6 Å². The summed E-state index contributed by atoms with van der Waals surface area (Å²) >= 11 is 0. The maximum atomic E-state index is 5.18. The number of hydrogen-bond donors (Lipinski definition) is 2. The number of nitrogens with one attached hydrogen (secondary N) is 2. The maximum Gasteiger partial charge on any atom is 0.191 e. The van der Waals surface area contributed by atoms with Crippen LogP contribution in [0, 0.1) is 18.3 Å². The topological polar surface area (TPSA) is 36.4 Å². The van der Waals surface area contributed by atoms with Gasteiger partial charge in [0.05, 0.1) is 6.54 Å². The Morgan fingerprint density at radius 1 is 1.28 bits per heavy atom. The number of hydrogen-bond acceptors (Lipinski definition) is 1. The summed E-state index contributed by atoms with van der Waals surface area (Å²) in [5, 5.41) is 6.33. The summed E-state index contributed by atoms with van der Waals surface area (Å²) in [7, 11) is 1.77. The lowest BCUT2D eigenvalue weighted by molar-refractivity contribution is 0.472. The number of rotatable bonds is 6. The molecule has 0 aliphatic heterocycles. The van der Waals surface area contributed by atoms with E-state index in [1.807, 2.05) is 0 Å². The van der Waals surface area contributed by atoms with Crippen molar-refractivity contribution in [3.63, 3.8) is 0 Å². The fraction of sp³-hybridized carbons (Fsp3) is 0.786. The van der Waals surface area contributed by atoms with Gasteiger partial charge in [0.15, 0.2) is 5.96 Å². The Hall–Kier alpha value is -0.440. The smallest absolute Gasteiger partial charge is 0.191 e. The van der Waals surface area contributed by atoms with Gasteiger partial charge in [-0.2, -0.15) is 0 Å².